The summed E-state index contributed by atoms with van der Waals surface area (Å²) in [7, 11) is 0. The van der Waals surface area contributed by atoms with Gasteiger partial charge in [-0.25, -0.2) is 4.79 Å². The lowest BCUT2D eigenvalue weighted by molar-refractivity contribution is 0.0794. The van der Waals surface area contributed by atoms with E-state index in [0.29, 0.717) is 17.2 Å². The second-order valence-corrected chi connectivity index (χ2v) is 8.72. The first-order valence-corrected chi connectivity index (χ1v) is 10.5. The summed E-state index contributed by atoms with van der Waals surface area (Å²) in [5.74, 6) is 2.26. The van der Waals surface area contributed by atoms with Crippen molar-refractivity contribution in [1.29, 1.82) is 0 Å². The summed E-state index contributed by atoms with van der Waals surface area (Å²) in [6.07, 6.45) is 7.38. The van der Waals surface area contributed by atoms with Crippen LogP contribution in [0.3, 0.4) is 0 Å². The lowest BCUT2D eigenvalue weighted by Crippen LogP contribution is -2.42. The Morgan fingerprint density at radius 1 is 1.15 bits per heavy atom. The molecule has 1 aliphatic heterocycles. The zero-order chi connectivity index (χ0) is 19.0. The number of hydrogen-bond acceptors (Lipinski definition) is 2. The topological polar surface area (TPSA) is 61.4 Å². The van der Waals surface area contributed by atoms with Crippen LogP contribution in [-0.2, 0) is 0 Å². The maximum atomic E-state index is 12.9. The van der Waals surface area contributed by atoms with Crippen LogP contribution in [0.1, 0.15) is 61.4 Å². The van der Waals surface area contributed by atoms with E-state index in [9.17, 15) is 9.59 Å². The SMILES string of the molecule is Cc1cccc(C(=O)N2CCCC2)c1NC(=O)NC(C)C1CC2CCC1C2. The number of aryl methyl sites for hydroxylation is 1. The lowest BCUT2D eigenvalue weighted by Gasteiger charge is -2.28. The number of para-hydroxylation sites is 1. The first-order chi connectivity index (χ1) is 13.0. The maximum Gasteiger partial charge on any atom is 0.319 e. The average Bonchev–Trinajstić information content (AvgIpc) is 3.40. The highest BCUT2D eigenvalue weighted by atomic mass is 16.2. The van der Waals surface area contributed by atoms with Crippen molar-refractivity contribution in [2.75, 3.05) is 18.4 Å². The van der Waals surface area contributed by atoms with E-state index in [-0.39, 0.29) is 18.0 Å². The number of amides is 3. The molecule has 4 atom stereocenters. The normalized spacial score (nSPS) is 27.6. The molecular weight excluding hydrogens is 338 g/mol. The molecule has 0 aromatic heterocycles. The van der Waals surface area contributed by atoms with Gasteiger partial charge in [-0.2, -0.15) is 0 Å². The molecule has 1 saturated heterocycles. The number of fused-ring (bicyclic) bond motifs is 2. The minimum absolute atomic E-state index is 0.0210. The predicted octanol–water partition coefficient (Wildman–Crippen LogP) is 4.18. The zero-order valence-corrected chi connectivity index (χ0v) is 16.5. The maximum absolute atomic E-state index is 12.9. The highest BCUT2D eigenvalue weighted by Gasteiger charge is 2.42. The van der Waals surface area contributed by atoms with Crippen LogP contribution in [0, 0.1) is 24.7 Å². The van der Waals surface area contributed by atoms with Crippen molar-refractivity contribution >= 4 is 17.6 Å². The molecule has 3 aliphatic rings. The largest absolute Gasteiger partial charge is 0.339 e. The quantitative estimate of drug-likeness (QED) is 0.836. The van der Waals surface area contributed by atoms with Gasteiger partial charge in [0.15, 0.2) is 0 Å². The van der Waals surface area contributed by atoms with E-state index in [1.807, 2.05) is 30.0 Å². The van der Waals surface area contributed by atoms with Crippen molar-refractivity contribution < 1.29 is 9.59 Å². The monoisotopic (exact) mass is 369 g/mol. The zero-order valence-electron chi connectivity index (χ0n) is 16.5. The van der Waals surface area contributed by atoms with Crippen molar-refractivity contribution in [2.45, 2.75) is 58.4 Å². The number of urea groups is 1. The number of carbonyl (C=O) groups excluding carboxylic acids is 2. The molecule has 1 aromatic carbocycles. The van der Waals surface area contributed by atoms with Gasteiger partial charge in [0.25, 0.3) is 5.91 Å². The summed E-state index contributed by atoms with van der Waals surface area (Å²) in [5.41, 5.74) is 2.16. The highest BCUT2D eigenvalue weighted by molar-refractivity contribution is 6.04. The van der Waals surface area contributed by atoms with E-state index in [2.05, 4.69) is 17.6 Å². The molecular formula is C22H31N3O2. The molecule has 1 heterocycles. The van der Waals surface area contributed by atoms with Crippen molar-refractivity contribution in [1.82, 2.24) is 10.2 Å². The Morgan fingerprint density at radius 2 is 1.93 bits per heavy atom. The van der Waals surface area contributed by atoms with Crippen LogP contribution < -0.4 is 10.6 Å². The Morgan fingerprint density at radius 3 is 2.59 bits per heavy atom. The van der Waals surface area contributed by atoms with Crippen molar-refractivity contribution in [2.24, 2.45) is 17.8 Å². The highest BCUT2D eigenvalue weighted by Crippen LogP contribution is 2.49. The molecule has 146 valence electrons. The average molecular weight is 370 g/mol. The summed E-state index contributed by atoms with van der Waals surface area (Å²) >= 11 is 0. The van der Waals surface area contributed by atoms with Gasteiger partial charge < -0.3 is 15.5 Å². The molecule has 27 heavy (non-hydrogen) atoms. The first kappa shape index (κ1) is 18.3. The number of carbonyl (C=O) groups is 2. The van der Waals surface area contributed by atoms with Crippen LogP contribution in [-0.4, -0.2) is 36.0 Å². The summed E-state index contributed by atoms with van der Waals surface area (Å²) in [6.45, 7) is 5.67. The van der Waals surface area contributed by atoms with Gasteiger partial charge in [0.1, 0.15) is 0 Å². The Hall–Kier alpha value is -2.04. The molecule has 1 aromatic rings. The molecule has 2 N–H and O–H groups in total. The fourth-order valence-corrected chi connectivity index (χ4v) is 5.47. The van der Waals surface area contributed by atoms with E-state index in [1.165, 1.54) is 25.7 Å². The van der Waals surface area contributed by atoms with Gasteiger partial charge >= 0.3 is 6.03 Å². The number of anilines is 1. The fourth-order valence-electron chi connectivity index (χ4n) is 5.47. The number of rotatable bonds is 4. The number of hydrogen-bond donors (Lipinski definition) is 2. The smallest absolute Gasteiger partial charge is 0.319 e. The fraction of sp³-hybridized carbons (Fsp3) is 0.636. The second-order valence-electron chi connectivity index (χ2n) is 8.72. The molecule has 5 heteroatoms. The van der Waals surface area contributed by atoms with E-state index in [0.717, 1.165) is 43.3 Å². The van der Waals surface area contributed by atoms with Crippen LogP contribution in [0.5, 0.6) is 0 Å². The van der Waals surface area contributed by atoms with E-state index in [4.69, 9.17) is 0 Å². The molecule has 3 fully saturated rings. The molecule has 0 spiro atoms. The summed E-state index contributed by atoms with van der Waals surface area (Å²) in [6, 6.07) is 5.62. The third kappa shape index (κ3) is 3.69. The molecule has 4 rings (SSSR count). The molecule has 4 unspecified atom stereocenters. The van der Waals surface area contributed by atoms with Crippen LogP contribution in [0.4, 0.5) is 10.5 Å². The molecule has 2 aliphatic carbocycles. The summed E-state index contributed by atoms with van der Waals surface area (Å²) in [4.78, 5) is 27.4. The third-order valence-electron chi connectivity index (χ3n) is 6.93. The van der Waals surface area contributed by atoms with Gasteiger partial charge in [-0.1, -0.05) is 18.6 Å². The summed E-state index contributed by atoms with van der Waals surface area (Å²) in [5, 5.41) is 6.13. The van der Waals surface area contributed by atoms with Gasteiger partial charge in [0.2, 0.25) is 0 Å². The summed E-state index contributed by atoms with van der Waals surface area (Å²) < 4.78 is 0. The van der Waals surface area contributed by atoms with Crippen molar-refractivity contribution in [3.05, 3.63) is 29.3 Å². The van der Waals surface area contributed by atoms with E-state index in [1.54, 1.807) is 0 Å². The van der Waals surface area contributed by atoms with Crippen molar-refractivity contribution in [3.63, 3.8) is 0 Å². The number of nitrogens with one attached hydrogen (secondary N) is 2. The third-order valence-corrected chi connectivity index (χ3v) is 6.93. The van der Waals surface area contributed by atoms with Gasteiger partial charge in [-0.05, 0) is 75.3 Å². The Labute approximate surface area is 161 Å². The Bertz CT molecular complexity index is 726. The van der Waals surface area contributed by atoms with Crippen LogP contribution in [0.2, 0.25) is 0 Å². The Kier molecular flexibility index (Phi) is 5.11. The van der Waals surface area contributed by atoms with Gasteiger partial charge in [-0.3, -0.25) is 4.79 Å². The van der Waals surface area contributed by atoms with Crippen molar-refractivity contribution in [3.8, 4) is 0 Å². The number of likely N-dealkylation sites (tertiary alicyclic amines) is 1. The van der Waals surface area contributed by atoms with Crippen LogP contribution in [0.25, 0.3) is 0 Å². The number of benzene rings is 1. The Balaban J connectivity index is 1.43. The second kappa shape index (κ2) is 7.53. The molecule has 5 nitrogen and oxygen atoms in total. The molecule has 2 bridgehead atoms. The number of nitrogens with zero attached hydrogens (tertiary/aromatic N) is 1. The molecule has 2 saturated carbocycles. The minimum Gasteiger partial charge on any atom is -0.339 e. The molecule has 0 radical (unpaired) electrons. The van der Waals surface area contributed by atoms with E-state index >= 15 is 0 Å². The van der Waals surface area contributed by atoms with Gasteiger partial charge in [-0.15, -0.1) is 0 Å². The first-order valence-electron chi connectivity index (χ1n) is 10.5. The van der Waals surface area contributed by atoms with Crippen LogP contribution in [0.15, 0.2) is 18.2 Å². The van der Waals surface area contributed by atoms with Crippen LogP contribution >= 0.6 is 0 Å². The lowest BCUT2D eigenvalue weighted by atomic mass is 9.84. The predicted molar refractivity (Wildman–Crippen MR) is 107 cm³/mol. The standard InChI is InChI=1S/C22H31N3O2/c1-14-6-5-7-18(21(26)25-10-3-4-11-25)20(14)24-22(27)23-15(2)19-13-16-8-9-17(19)12-16/h5-7,15-17,19H,3-4,8-13H2,1-2H3,(H2,23,24,27). The minimum atomic E-state index is -0.199. The van der Waals surface area contributed by atoms with Gasteiger partial charge in [0, 0.05) is 19.1 Å². The van der Waals surface area contributed by atoms with Gasteiger partial charge in [0.05, 0.1) is 11.3 Å². The van der Waals surface area contributed by atoms with E-state index < -0.39 is 0 Å². The molecule has 3 amide bonds.